The molecule has 1 aromatic carbocycles. The molecule has 0 atom stereocenters. The third kappa shape index (κ3) is 2.06. The molecule has 2 heteroatoms. The normalized spacial score (nSPS) is 10.2. The van der Waals surface area contributed by atoms with Crippen LogP contribution in [0.5, 0.6) is 0 Å². The molecular formula is C9H10Br2. The van der Waals surface area contributed by atoms with E-state index in [4.69, 9.17) is 0 Å². The highest BCUT2D eigenvalue weighted by Gasteiger charge is 2.02. The van der Waals surface area contributed by atoms with E-state index in [1.54, 1.807) is 0 Å². The summed E-state index contributed by atoms with van der Waals surface area (Å²) in [6, 6.07) is 4.28. The molecule has 0 nitrogen and oxygen atoms in total. The van der Waals surface area contributed by atoms with Crippen LogP contribution in [0, 0.1) is 6.92 Å². The largest absolute Gasteiger partial charge is 0.0612 e. The van der Waals surface area contributed by atoms with E-state index in [0.717, 1.165) is 6.42 Å². The molecular weight excluding hydrogens is 268 g/mol. The summed E-state index contributed by atoms with van der Waals surface area (Å²) in [6.07, 6.45) is 1.06. The standard InChI is InChI=1S/C9H10Br2/c1-3-7-8(10)4-6(2)5-9(7)11/h4-5H,3H2,1-2H3. The van der Waals surface area contributed by atoms with E-state index in [1.807, 2.05) is 0 Å². The van der Waals surface area contributed by atoms with E-state index < -0.39 is 0 Å². The average molecular weight is 278 g/mol. The number of hydrogen-bond donors (Lipinski definition) is 0. The lowest BCUT2D eigenvalue weighted by molar-refractivity contribution is 1.11. The van der Waals surface area contributed by atoms with Crippen molar-refractivity contribution < 1.29 is 0 Å². The van der Waals surface area contributed by atoms with Gasteiger partial charge in [0.05, 0.1) is 0 Å². The number of aryl methyl sites for hydroxylation is 1. The summed E-state index contributed by atoms with van der Waals surface area (Å²) in [4.78, 5) is 0. The second-order valence-corrected chi connectivity index (χ2v) is 4.27. The molecule has 1 rings (SSSR count). The van der Waals surface area contributed by atoms with Gasteiger partial charge >= 0.3 is 0 Å². The van der Waals surface area contributed by atoms with Crippen molar-refractivity contribution >= 4 is 31.9 Å². The summed E-state index contributed by atoms with van der Waals surface area (Å²) < 4.78 is 2.40. The van der Waals surface area contributed by atoms with Crippen LogP contribution >= 0.6 is 31.9 Å². The first-order valence-electron chi connectivity index (χ1n) is 3.59. The van der Waals surface area contributed by atoms with Gasteiger partial charge in [-0.1, -0.05) is 38.8 Å². The highest BCUT2D eigenvalue weighted by molar-refractivity contribution is 9.11. The molecule has 0 unspecified atom stereocenters. The van der Waals surface area contributed by atoms with Crippen molar-refractivity contribution in [2.45, 2.75) is 20.3 Å². The van der Waals surface area contributed by atoms with Gasteiger partial charge in [-0.25, -0.2) is 0 Å². The minimum atomic E-state index is 1.06. The van der Waals surface area contributed by atoms with Gasteiger partial charge < -0.3 is 0 Å². The zero-order valence-corrected chi connectivity index (χ0v) is 9.79. The Morgan fingerprint density at radius 1 is 1.18 bits per heavy atom. The van der Waals surface area contributed by atoms with Crippen molar-refractivity contribution in [1.29, 1.82) is 0 Å². The highest BCUT2D eigenvalue weighted by atomic mass is 79.9. The van der Waals surface area contributed by atoms with Gasteiger partial charge in [0, 0.05) is 8.95 Å². The minimum absolute atomic E-state index is 1.06. The van der Waals surface area contributed by atoms with Crippen molar-refractivity contribution in [3.05, 3.63) is 32.2 Å². The molecule has 0 spiro atoms. The first-order chi connectivity index (χ1) is 5.15. The fourth-order valence-corrected chi connectivity index (χ4v) is 3.04. The predicted molar refractivity (Wildman–Crippen MR) is 56.0 cm³/mol. The maximum Gasteiger partial charge on any atom is 0.0221 e. The van der Waals surface area contributed by atoms with Gasteiger partial charge in [0.2, 0.25) is 0 Å². The van der Waals surface area contributed by atoms with Crippen molar-refractivity contribution in [2.75, 3.05) is 0 Å². The van der Waals surface area contributed by atoms with E-state index >= 15 is 0 Å². The second-order valence-electron chi connectivity index (χ2n) is 2.56. The van der Waals surface area contributed by atoms with E-state index in [2.05, 4.69) is 57.8 Å². The Bertz CT molecular complexity index is 243. The zero-order chi connectivity index (χ0) is 8.43. The van der Waals surface area contributed by atoms with Crippen LogP contribution < -0.4 is 0 Å². The Kier molecular flexibility index (Phi) is 3.14. The number of hydrogen-bond acceptors (Lipinski definition) is 0. The lowest BCUT2D eigenvalue weighted by Crippen LogP contribution is -1.86. The Balaban J connectivity index is 3.25. The van der Waals surface area contributed by atoms with Crippen molar-refractivity contribution in [3.8, 4) is 0 Å². The highest BCUT2D eigenvalue weighted by Crippen LogP contribution is 2.27. The summed E-state index contributed by atoms with van der Waals surface area (Å²) in [5.41, 5.74) is 2.62. The lowest BCUT2D eigenvalue weighted by Gasteiger charge is -2.05. The zero-order valence-electron chi connectivity index (χ0n) is 6.62. The molecule has 11 heavy (non-hydrogen) atoms. The summed E-state index contributed by atoms with van der Waals surface area (Å²) >= 11 is 7.06. The van der Waals surface area contributed by atoms with Crippen LogP contribution in [0.3, 0.4) is 0 Å². The van der Waals surface area contributed by atoms with Crippen LogP contribution in [-0.2, 0) is 6.42 Å². The maximum atomic E-state index is 3.53. The first kappa shape index (κ1) is 9.27. The Hall–Kier alpha value is 0.180. The summed E-state index contributed by atoms with van der Waals surface area (Å²) in [5, 5.41) is 0. The smallest absolute Gasteiger partial charge is 0.0221 e. The second kappa shape index (κ2) is 3.72. The van der Waals surface area contributed by atoms with Crippen molar-refractivity contribution in [2.24, 2.45) is 0 Å². The van der Waals surface area contributed by atoms with E-state index in [-0.39, 0.29) is 0 Å². The van der Waals surface area contributed by atoms with Gasteiger partial charge in [-0.15, -0.1) is 0 Å². The first-order valence-corrected chi connectivity index (χ1v) is 5.18. The van der Waals surface area contributed by atoms with Gasteiger partial charge in [0.15, 0.2) is 0 Å². The van der Waals surface area contributed by atoms with Crippen LogP contribution in [0.4, 0.5) is 0 Å². The molecule has 0 bridgehead atoms. The quantitative estimate of drug-likeness (QED) is 0.726. The Morgan fingerprint density at radius 3 is 2.00 bits per heavy atom. The molecule has 60 valence electrons. The third-order valence-electron chi connectivity index (χ3n) is 1.64. The van der Waals surface area contributed by atoms with E-state index in [1.165, 1.54) is 20.1 Å². The van der Waals surface area contributed by atoms with Gasteiger partial charge in [-0.3, -0.25) is 0 Å². The van der Waals surface area contributed by atoms with Crippen LogP contribution in [0.15, 0.2) is 21.1 Å². The van der Waals surface area contributed by atoms with Crippen LogP contribution in [0.1, 0.15) is 18.1 Å². The maximum absolute atomic E-state index is 3.53. The number of benzene rings is 1. The fraction of sp³-hybridized carbons (Fsp3) is 0.333. The van der Waals surface area contributed by atoms with Crippen LogP contribution in [-0.4, -0.2) is 0 Å². The molecule has 0 saturated carbocycles. The molecule has 0 amide bonds. The molecule has 0 aliphatic rings. The SMILES string of the molecule is CCc1c(Br)cc(C)cc1Br. The minimum Gasteiger partial charge on any atom is -0.0612 e. The Morgan fingerprint density at radius 2 is 1.64 bits per heavy atom. The lowest BCUT2D eigenvalue weighted by atomic mass is 10.1. The average Bonchev–Trinajstić information content (AvgIpc) is 1.85. The Labute approximate surface area is 84.3 Å². The number of rotatable bonds is 1. The van der Waals surface area contributed by atoms with Crippen molar-refractivity contribution in [1.82, 2.24) is 0 Å². The fourth-order valence-electron chi connectivity index (χ4n) is 1.07. The third-order valence-corrected chi connectivity index (χ3v) is 3.05. The molecule has 0 fully saturated rings. The summed E-state index contributed by atoms with van der Waals surface area (Å²) in [6.45, 7) is 4.25. The van der Waals surface area contributed by atoms with Crippen molar-refractivity contribution in [3.63, 3.8) is 0 Å². The molecule has 0 heterocycles. The van der Waals surface area contributed by atoms with Gasteiger partial charge in [0.1, 0.15) is 0 Å². The topological polar surface area (TPSA) is 0 Å². The number of halogens is 2. The van der Waals surface area contributed by atoms with E-state index in [0.29, 0.717) is 0 Å². The molecule has 0 aliphatic heterocycles. The van der Waals surface area contributed by atoms with Gasteiger partial charge in [0.25, 0.3) is 0 Å². The summed E-state index contributed by atoms with van der Waals surface area (Å²) in [5.74, 6) is 0. The molecule has 0 radical (unpaired) electrons. The molecule has 0 saturated heterocycles. The van der Waals surface area contributed by atoms with Gasteiger partial charge in [-0.05, 0) is 36.6 Å². The van der Waals surface area contributed by atoms with Crippen LogP contribution in [0.25, 0.3) is 0 Å². The monoisotopic (exact) mass is 276 g/mol. The molecule has 0 aliphatic carbocycles. The van der Waals surface area contributed by atoms with Crippen LogP contribution in [0.2, 0.25) is 0 Å². The summed E-state index contributed by atoms with van der Waals surface area (Å²) in [7, 11) is 0. The van der Waals surface area contributed by atoms with Gasteiger partial charge in [-0.2, -0.15) is 0 Å². The predicted octanol–water partition coefficient (Wildman–Crippen LogP) is 4.08. The molecule has 0 aromatic heterocycles. The molecule has 0 N–H and O–H groups in total. The van der Waals surface area contributed by atoms with E-state index in [9.17, 15) is 0 Å². The molecule has 1 aromatic rings.